The minimum atomic E-state index is -0.121. The van der Waals surface area contributed by atoms with E-state index in [2.05, 4.69) is 10.6 Å². The number of nitrogens with one attached hydrogen (secondary N) is 2. The number of ether oxygens (including phenoxy) is 2. The van der Waals surface area contributed by atoms with E-state index in [4.69, 9.17) is 9.47 Å². The molecule has 22 heavy (non-hydrogen) atoms. The molecule has 1 aromatic rings. The fourth-order valence-corrected chi connectivity index (χ4v) is 3.16. The number of urea groups is 1. The maximum absolute atomic E-state index is 12.1. The molecule has 2 N–H and O–H groups in total. The van der Waals surface area contributed by atoms with Gasteiger partial charge in [0.15, 0.2) is 0 Å². The number of rotatable bonds is 6. The van der Waals surface area contributed by atoms with E-state index in [1.807, 2.05) is 37.3 Å². The molecule has 0 aliphatic carbocycles. The molecule has 2 bridgehead atoms. The molecule has 2 heterocycles. The molecule has 0 spiro atoms. The van der Waals surface area contributed by atoms with Gasteiger partial charge in [0.25, 0.3) is 0 Å². The molecule has 4 atom stereocenters. The minimum absolute atomic E-state index is 0.000264. The van der Waals surface area contributed by atoms with Crippen molar-refractivity contribution in [2.45, 2.75) is 56.9 Å². The number of hydrogen-bond acceptors (Lipinski definition) is 3. The van der Waals surface area contributed by atoms with Gasteiger partial charge in [-0.3, -0.25) is 0 Å². The summed E-state index contributed by atoms with van der Waals surface area (Å²) in [5, 5.41) is 6.04. The van der Waals surface area contributed by atoms with Crippen molar-refractivity contribution < 1.29 is 14.3 Å². The fourth-order valence-electron chi connectivity index (χ4n) is 3.16. The van der Waals surface area contributed by atoms with Gasteiger partial charge in [0, 0.05) is 0 Å². The summed E-state index contributed by atoms with van der Waals surface area (Å²) in [5.41, 5.74) is 0. The van der Waals surface area contributed by atoms with Crippen molar-refractivity contribution in [2.75, 3.05) is 6.61 Å². The van der Waals surface area contributed by atoms with E-state index in [1.54, 1.807) is 0 Å². The normalized spacial score (nSPS) is 27.4. The first kappa shape index (κ1) is 15.2. The molecule has 2 aliphatic rings. The predicted molar refractivity (Wildman–Crippen MR) is 84.0 cm³/mol. The molecule has 2 amide bonds. The van der Waals surface area contributed by atoms with Gasteiger partial charge in [-0.2, -0.15) is 0 Å². The van der Waals surface area contributed by atoms with Crippen molar-refractivity contribution >= 4 is 6.03 Å². The number of hydrogen-bond donors (Lipinski definition) is 2. The molecule has 3 rings (SSSR count). The Morgan fingerprint density at radius 3 is 2.82 bits per heavy atom. The van der Waals surface area contributed by atoms with Crippen LogP contribution in [0.4, 0.5) is 4.79 Å². The van der Waals surface area contributed by atoms with Crippen molar-refractivity contribution in [3.05, 3.63) is 30.3 Å². The first-order chi connectivity index (χ1) is 10.7. The predicted octanol–water partition coefficient (Wildman–Crippen LogP) is 2.46. The van der Waals surface area contributed by atoms with Crippen molar-refractivity contribution in [3.63, 3.8) is 0 Å². The summed E-state index contributed by atoms with van der Waals surface area (Å²) in [6.45, 7) is 2.51. The van der Waals surface area contributed by atoms with Crippen LogP contribution in [0.1, 0.15) is 32.6 Å². The minimum Gasteiger partial charge on any atom is -0.491 e. The zero-order valence-corrected chi connectivity index (χ0v) is 13.0. The molecule has 2 saturated heterocycles. The topological polar surface area (TPSA) is 59.6 Å². The third-order valence-electron chi connectivity index (χ3n) is 4.44. The second kappa shape index (κ2) is 7.01. The van der Waals surface area contributed by atoms with Gasteiger partial charge in [0.2, 0.25) is 0 Å². The van der Waals surface area contributed by atoms with Crippen LogP contribution in [0.25, 0.3) is 0 Å². The zero-order chi connectivity index (χ0) is 15.4. The smallest absolute Gasteiger partial charge is 0.315 e. The second-order valence-electron chi connectivity index (χ2n) is 6.06. The molecular weight excluding hydrogens is 280 g/mol. The third kappa shape index (κ3) is 3.71. The van der Waals surface area contributed by atoms with Gasteiger partial charge >= 0.3 is 6.03 Å². The van der Waals surface area contributed by atoms with E-state index in [0.29, 0.717) is 12.7 Å². The molecule has 2 aliphatic heterocycles. The van der Waals surface area contributed by atoms with Gasteiger partial charge in [0.05, 0.1) is 24.3 Å². The van der Waals surface area contributed by atoms with Crippen LogP contribution < -0.4 is 15.4 Å². The third-order valence-corrected chi connectivity index (χ3v) is 4.44. The van der Waals surface area contributed by atoms with Crippen LogP contribution in [-0.2, 0) is 4.74 Å². The molecule has 1 aromatic carbocycles. The fraction of sp³-hybridized carbons (Fsp3) is 0.588. The lowest BCUT2D eigenvalue weighted by Crippen LogP contribution is -2.50. The summed E-state index contributed by atoms with van der Waals surface area (Å²) < 4.78 is 11.5. The molecule has 5 nitrogen and oxygen atoms in total. The highest BCUT2D eigenvalue weighted by Crippen LogP contribution is 2.34. The van der Waals surface area contributed by atoms with Gasteiger partial charge < -0.3 is 20.1 Å². The lowest BCUT2D eigenvalue weighted by molar-refractivity contribution is 0.0979. The van der Waals surface area contributed by atoms with Crippen LogP contribution in [0.3, 0.4) is 0 Å². The van der Waals surface area contributed by atoms with E-state index in [9.17, 15) is 4.79 Å². The van der Waals surface area contributed by atoms with Crippen LogP contribution in [0.5, 0.6) is 5.75 Å². The Labute approximate surface area is 131 Å². The first-order valence-electron chi connectivity index (χ1n) is 8.15. The van der Waals surface area contributed by atoms with E-state index in [0.717, 1.165) is 31.4 Å². The second-order valence-corrected chi connectivity index (χ2v) is 6.06. The highest BCUT2D eigenvalue weighted by atomic mass is 16.5. The number of para-hydroxylation sites is 1. The Morgan fingerprint density at radius 1 is 1.36 bits per heavy atom. The summed E-state index contributed by atoms with van der Waals surface area (Å²) in [7, 11) is 0. The molecular formula is C17H24N2O3. The largest absolute Gasteiger partial charge is 0.491 e. The highest BCUT2D eigenvalue weighted by Gasteiger charge is 2.41. The maximum Gasteiger partial charge on any atom is 0.315 e. The average Bonchev–Trinajstić information content (AvgIpc) is 3.15. The maximum atomic E-state index is 12.1. The van der Waals surface area contributed by atoms with E-state index in [-0.39, 0.29) is 24.2 Å². The lowest BCUT2D eigenvalue weighted by Gasteiger charge is -2.23. The number of benzene rings is 1. The molecule has 2 fully saturated rings. The van der Waals surface area contributed by atoms with Crippen LogP contribution in [0.15, 0.2) is 30.3 Å². The SMILES string of the molecule is CC[C@H](COc1ccccc1)NC(=O)N[C@@H]1C[C@H]2CC[C@H]1O2. The van der Waals surface area contributed by atoms with Crippen LogP contribution >= 0.6 is 0 Å². The van der Waals surface area contributed by atoms with Crippen LogP contribution in [0.2, 0.25) is 0 Å². The van der Waals surface area contributed by atoms with E-state index in [1.165, 1.54) is 0 Å². The van der Waals surface area contributed by atoms with Crippen molar-refractivity contribution in [1.82, 2.24) is 10.6 Å². The van der Waals surface area contributed by atoms with Crippen molar-refractivity contribution in [1.29, 1.82) is 0 Å². The average molecular weight is 304 g/mol. The summed E-state index contributed by atoms with van der Waals surface area (Å²) in [6.07, 6.45) is 4.51. The Kier molecular flexibility index (Phi) is 4.83. The number of fused-ring (bicyclic) bond motifs is 2. The zero-order valence-electron chi connectivity index (χ0n) is 13.0. The number of amides is 2. The Morgan fingerprint density at radius 2 is 2.18 bits per heavy atom. The Bertz CT molecular complexity index is 494. The Balaban J connectivity index is 1.42. The van der Waals surface area contributed by atoms with E-state index < -0.39 is 0 Å². The molecule has 0 radical (unpaired) electrons. The molecule has 5 heteroatoms. The summed E-state index contributed by atoms with van der Waals surface area (Å²) in [6, 6.07) is 9.69. The van der Waals surface area contributed by atoms with Crippen LogP contribution in [0, 0.1) is 0 Å². The van der Waals surface area contributed by atoms with Gasteiger partial charge in [-0.05, 0) is 37.8 Å². The molecule has 0 saturated carbocycles. The summed E-state index contributed by atoms with van der Waals surface area (Å²) >= 11 is 0. The van der Waals surface area contributed by atoms with Gasteiger partial charge in [-0.1, -0.05) is 25.1 Å². The van der Waals surface area contributed by atoms with Crippen LogP contribution in [-0.4, -0.2) is 36.9 Å². The molecule has 0 unspecified atom stereocenters. The van der Waals surface area contributed by atoms with Gasteiger partial charge in [-0.15, -0.1) is 0 Å². The molecule has 0 aromatic heterocycles. The number of carbonyl (C=O) groups is 1. The standard InChI is InChI=1S/C17H24N2O3/c1-2-12(11-21-13-6-4-3-5-7-13)18-17(20)19-15-10-14-8-9-16(15)22-14/h3-7,12,14-16H,2,8-11H2,1H3,(H2,18,19,20)/t12-,14-,15-,16-/m1/s1. The van der Waals surface area contributed by atoms with Crippen molar-refractivity contribution in [3.8, 4) is 5.75 Å². The summed E-state index contributed by atoms with van der Waals surface area (Å²) in [4.78, 5) is 12.1. The quantitative estimate of drug-likeness (QED) is 0.849. The highest BCUT2D eigenvalue weighted by molar-refractivity contribution is 5.74. The van der Waals surface area contributed by atoms with Gasteiger partial charge in [0.1, 0.15) is 12.4 Å². The monoisotopic (exact) mass is 304 g/mol. The van der Waals surface area contributed by atoms with Gasteiger partial charge in [-0.25, -0.2) is 4.79 Å². The van der Waals surface area contributed by atoms with Crippen molar-refractivity contribution in [2.24, 2.45) is 0 Å². The first-order valence-corrected chi connectivity index (χ1v) is 8.15. The lowest BCUT2D eigenvalue weighted by atomic mass is 9.96. The van der Waals surface area contributed by atoms with E-state index >= 15 is 0 Å². The summed E-state index contributed by atoms with van der Waals surface area (Å²) in [5.74, 6) is 0.824. The number of carbonyl (C=O) groups excluding carboxylic acids is 1. The molecule has 120 valence electrons. The Hall–Kier alpha value is -1.75.